The summed E-state index contributed by atoms with van der Waals surface area (Å²) in [6.45, 7) is 6.87. The van der Waals surface area contributed by atoms with Crippen LogP contribution >= 0.6 is 0 Å². The van der Waals surface area contributed by atoms with Crippen molar-refractivity contribution in [1.29, 1.82) is 0 Å². The van der Waals surface area contributed by atoms with E-state index < -0.39 is 16.0 Å². The number of hydrogen-bond acceptors (Lipinski definition) is 3. The lowest BCUT2D eigenvalue weighted by Gasteiger charge is -2.22. The van der Waals surface area contributed by atoms with Gasteiger partial charge in [0.05, 0.1) is 12.7 Å². The van der Waals surface area contributed by atoms with Gasteiger partial charge in [-0.1, -0.05) is 69.3 Å². The maximum absolute atomic E-state index is 12.3. The van der Waals surface area contributed by atoms with Gasteiger partial charge in [0.15, 0.2) is 0 Å². The molecule has 0 aliphatic heterocycles. The summed E-state index contributed by atoms with van der Waals surface area (Å²) in [4.78, 5) is 10.9. The van der Waals surface area contributed by atoms with Crippen LogP contribution in [0.5, 0.6) is 0 Å². The van der Waals surface area contributed by atoms with Gasteiger partial charge in [0.2, 0.25) is 10.0 Å². The van der Waals surface area contributed by atoms with Crippen LogP contribution in [0.1, 0.15) is 43.0 Å². The van der Waals surface area contributed by atoms with Crippen LogP contribution < -0.4 is 0 Å². The van der Waals surface area contributed by atoms with Gasteiger partial charge in [-0.05, 0) is 27.7 Å². The highest BCUT2D eigenvalue weighted by atomic mass is 32.2. The molecule has 0 amide bonds. The van der Waals surface area contributed by atoms with Crippen molar-refractivity contribution >= 4 is 16.0 Å². The van der Waals surface area contributed by atoms with Crippen molar-refractivity contribution < 1.29 is 18.3 Å². The molecular weight excluding hydrogens is 362 g/mol. The molecule has 1 N–H and O–H groups in total. The average Bonchev–Trinajstić information content (AvgIpc) is 2.53. The number of carboxylic acids is 1. The zero-order chi connectivity index (χ0) is 20.2. The molecule has 6 heteroatoms. The van der Waals surface area contributed by atoms with E-state index in [1.54, 1.807) is 18.2 Å². The second-order valence-corrected chi connectivity index (χ2v) is 9.85. The molecule has 2 aromatic rings. The molecule has 27 heavy (non-hydrogen) atoms. The Morgan fingerprint density at radius 2 is 1.52 bits per heavy atom. The van der Waals surface area contributed by atoms with Crippen molar-refractivity contribution in [3.8, 4) is 0 Å². The fourth-order valence-corrected chi connectivity index (χ4v) is 3.59. The van der Waals surface area contributed by atoms with E-state index in [1.807, 2.05) is 30.3 Å². The molecule has 0 saturated heterocycles. The smallest absolute Gasteiger partial charge is 0.307 e. The van der Waals surface area contributed by atoms with Crippen molar-refractivity contribution in [1.82, 2.24) is 4.31 Å². The topological polar surface area (TPSA) is 74.7 Å². The molecule has 0 atom stereocenters. The second-order valence-electron chi connectivity index (χ2n) is 7.87. The monoisotopic (exact) mass is 389 g/mol. The summed E-state index contributed by atoms with van der Waals surface area (Å²) < 4.78 is 25.9. The minimum atomic E-state index is -3.42. The highest BCUT2D eigenvalue weighted by Crippen LogP contribution is 2.23. The van der Waals surface area contributed by atoms with Crippen molar-refractivity contribution in [2.45, 2.75) is 45.7 Å². The molecule has 0 radical (unpaired) electrons. The summed E-state index contributed by atoms with van der Waals surface area (Å²) in [5.74, 6) is -0.911. The second kappa shape index (κ2) is 8.23. The summed E-state index contributed by atoms with van der Waals surface area (Å²) in [5, 5.41) is 8.94. The van der Waals surface area contributed by atoms with Gasteiger partial charge in [-0.2, -0.15) is 4.31 Å². The minimum Gasteiger partial charge on any atom is -0.481 e. The Kier molecular flexibility index (Phi) is 6.44. The van der Waals surface area contributed by atoms with Crippen LogP contribution in [0.25, 0.3) is 0 Å². The molecule has 0 aromatic heterocycles. The van der Waals surface area contributed by atoms with Gasteiger partial charge in [-0.15, -0.1) is 0 Å². The fraction of sp³-hybridized carbons (Fsp3) is 0.381. The summed E-state index contributed by atoms with van der Waals surface area (Å²) in [6, 6.07) is 15.0. The van der Waals surface area contributed by atoms with E-state index in [-0.39, 0.29) is 24.9 Å². The van der Waals surface area contributed by atoms with E-state index in [0.717, 1.165) is 11.1 Å². The first-order valence-electron chi connectivity index (χ1n) is 8.79. The zero-order valence-electron chi connectivity index (χ0n) is 16.3. The number of nitrogens with zero attached hydrogens (tertiary/aromatic N) is 1. The van der Waals surface area contributed by atoms with E-state index in [1.165, 1.54) is 16.1 Å². The molecule has 0 bridgehead atoms. The van der Waals surface area contributed by atoms with E-state index in [0.29, 0.717) is 5.56 Å². The van der Waals surface area contributed by atoms with Crippen LogP contribution in [0.2, 0.25) is 0 Å². The Hall–Kier alpha value is -2.18. The van der Waals surface area contributed by atoms with Gasteiger partial charge in [-0.25, -0.2) is 8.42 Å². The molecule has 0 aliphatic rings. The van der Waals surface area contributed by atoms with Crippen molar-refractivity contribution in [2.75, 3.05) is 6.26 Å². The Bertz CT molecular complexity index is 897. The molecule has 146 valence electrons. The predicted molar refractivity (Wildman–Crippen MR) is 107 cm³/mol. The Morgan fingerprint density at radius 3 is 2.04 bits per heavy atom. The summed E-state index contributed by atoms with van der Waals surface area (Å²) in [6.07, 6.45) is 1.11. The quantitative estimate of drug-likeness (QED) is 0.785. The lowest BCUT2D eigenvalue weighted by molar-refractivity contribution is -0.136. The van der Waals surface area contributed by atoms with Crippen molar-refractivity contribution in [2.24, 2.45) is 0 Å². The number of carbonyl (C=O) groups is 1. The molecule has 5 nitrogen and oxygen atoms in total. The standard InChI is InChI=1S/C21H27NO4S/c1-21(2,3)19-10-8-16(9-11-19)14-22(27(4,25)26)15-18-7-5-6-17(12-18)13-20(23)24/h5-12H,13-15H2,1-4H3,(H,23,24). The van der Waals surface area contributed by atoms with Crippen LogP contribution in [0.4, 0.5) is 0 Å². The number of aliphatic carboxylic acids is 1. The summed E-state index contributed by atoms with van der Waals surface area (Å²) in [5.41, 5.74) is 3.57. The first kappa shape index (κ1) is 21.1. The third-order valence-corrected chi connectivity index (χ3v) is 5.55. The number of sulfonamides is 1. The fourth-order valence-electron chi connectivity index (χ4n) is 2.82. The Labute approximate surface area is 161 Å². The van der Waals surface area contributed by atoms with Crippen LogP contribution in [-0.4, -0.2) is 30.1 Å². The highest BCUT2D eigenvalue weighted by molar-refractivity contribution is 7.88. The summed E-state index contributed by atoms with van der Waals surface area (Å²) >= 11 is 0. The van der Waals surface area contributed by atoms with Crippen LogP contribution in [0.15, 0.2) is 48.5 Å². The molecule has 2 rings (SSSR count). The van der Waals surface area contributed by atoms with Gasteiger partial charge < -0.3 is 5.11 Å². The van der Waals surface area contributed by atoms with E-state index in [2.05, 4.69) is 20.8 Å². The molecule has 0 unspecified atom stereocenters. The molecule has 0 spiro atoms. The molecule has 0 heterocycles. The number of rotatable bonds is 7. The van der Waals surface area contributed by atoms with Crippen molar-refractivity contribution in [3.05, 3.63) is 70.8 Å². The van der Waals surface area contributed by atoms with Gasteiger partial charge in [0.25, 0.3) is 0 Å². The van der Waals surface area contributed by atoms with E-state index in [9.17, 15) is 13.2 Å². The maximum atomic E-state index is 12.3. The normalized spacial score (nSPS) is 12.3. The Morgan fingerprint density at radius 1 is 0.963 bits per heavy atom. The minimum absolute atomic E-state index is 0.0413. The Balaban J connectivity index is 2.21. The third-order valence-electron chi connectivity index (χ3n) is 4.35. The molecule has 0 aliphatic carbocycles. The number of benzene rings is 2. The highest BCUT2D eigenvalue weighted by Gasteiger charge is 2.19. The average molecular weight is 390 g/mol. The number of hydrogen-bond donors (Lipinski definition) is 1. The molecule has 0 fully saturated rings. The third kappa shape index (κ3) is 6.48. The molecule has 2 aromatic carbocycles. The first-order valence-corrected chi connectivity index (χ1v) is 10.6. The van der Waals surface area contributed by atoms with Crippen LogP contribution in [-0.2, 0) is 39.7 Å². The van der Waals surface area contributed by atoms with E-state index >= 15 is 0 Å². The maximum Gasteiger partial charge on any atom is 0.307 e. The van der Waals surface area contributed by atoms with E-state index in [4.69, 9.17) is 5.11 Å². The molecule has 0 saturated carbocycles. The van der Waals surface area contributed by atoms with Crippen LogP contribution in [0.3, 0.4) is 0 Å². The first-order chi connectivity index (χ1) is 12.4. The van der Waals surface area contributed by atoms with Crippen LogP contribution in [0, 0.1) is 0 Å². The largest absolute Gasteiger partial charge is 0.481 e. The lowest BCUT2D eigenvalue weighted by Crippen LogP contribution is -2.29. The number of carboxylic acid groups (broad SMARTS) is 1. The van der Waals surface area contributed by atoms with Gasteiger partial charge in [0, 0.05) is 13.1 Å². The van der Waals surface area contributed by atoms with Gasteiger partial charge in [0.1, 0.15) is 0 Å². The van der Waals surface area contributed by atoms with Crippen molar-refractivity contribution in [3.63, 3.8) is 0 Å². The molecular formula is C21H27NO4S. The lowest BCUT2D eigenvalue weighted by atomic mass is 9.87. The van der Waals surface area contributed by atoms with Gasteiger partial charge in [-0.3, -0.25) is 4.79 Å². The van der Waals surface area contributed by atoms with Gasteiger partial charge >= 0.3 is 5.97 Å². The predicted octanol–water partition coefficient (Wildman–Crippen LogP) is 3.57. The zero-order valence-corrected chi connectivity index (χ0v) is 17.1. The summed E-state index contributed by atoms with van der Waals surface area (Å²) in [7, 11) is -3.42. The SMILES string of the molecule is CC(C)(C)c1ccc(CN(Cc2cccc(CC(=O)O)c2)S(C)(=O)=O)cc1.